The number of hydrogen-bond donors (Lipinski definition) is 0. The average Bonchev–Trinajstić information content (AvgIpc) is 3.87. The summed E-state index contributed by atoms with van der Waals surface area (Å²) < 4.78 is 0. The highest BCUT2D eigenvalue weighted by Gasteiger charge is 2.62. The van der Waals surface area contributed by atoms with Gasteiger partial charge in [-0.25, -0.2) is 0 Å². The third kappa shape index (κ3) is 7.12. The van der Waals surface area contributed by atoms with E-state index in [2.05, 4.69) is 261 Å². The summed E-state index contributed by atoms with van der Waals surface area (Å²) in [6.45, 7) is 43.3. The van der Waals surface area contributed by atoms with Gasteiger partial charge in [0.15, 0.2) is 0 Å². The molecule has 1 fully saturated rings. The van der Waals surface area contributed by atoms with Crippen molar-refractivity contribution in [1.82, 2.24) is 0 Å². The number of aryl methyl sites for hydroxylation is 2. The summed E-state index contributed by atoms with van der Waals surface area (Å²) in [6.07, 6.45) is 4.80. The predicted octanol–water partition coefficient (Wildman–Crippen LogP) is 17.6. The van der Waals surface area contributed by atoms with Gasteiger partial charge in [0.05, 0.1) is 16.9 Å². The van der Waals surface area contributed by atoms with Crippen molar-refractivity contribution in [2.75, 3.05) is 14.7 Å². The molecule has 2 atom stereocenters. The van der Waals surface area contributed by atoms with Crippen LogP contribution in [0.2, 0.25) is 0 Å². The number of fused-ring (bicyclic) bond motifs is 11. The fraction of sp³-hybridized carbons (Fsp3) is 0.408. The lowest BCUT2D eigenvalue weighted by Gasteiger charge is -2.53. The maximum atomic E-state index is 2.93. The van der Waals surface area contributed by atoms with Gasteiger partial charge in [-0.05, 0) is 169 Å². The minimum atomic E-state index is -0.262. The predicted molar refractivity (Wildman–Crippen MR) is 325 cm³/mol. The average molecular weight is 988 g/mol. The Hall–Kier alpha value is -6.00. The van der Waals surface area contributed by atoms with Crippen molar-refractivity contribution in [3.8, 4) is 11.1 Å². The number of rotatable bonds is 4. The minimum Gasteiger partial charge on any atom is -0.335 e. The van der Waals surface area contributed by atoms with Gasteiger partial charge in [-0.3, -0.25) is 0 Å². The van der Waals surface area contributed by atoms with E-state index in [4.69, 9.17) is 0 Å². The maximum absolute atomic E-state index is 2.93. The van der Waals surface area contributed by atoms with Gasteiger partial charge in [-0.15, -0.1) is 0 Å². The Bertz CT molecular complexity index is 3430. The van der Waals surface area contributed by atoms with Crippen LogP contribution in [-0.4, -0.2) is 12.3 Å². The zero-order chi connectivity index (χ0) is 53.5. The Morgan fingerprint density at radius 3 is 1.57 bits per heavy atom. The standard InChI is InChI=1S/C71H82BN3/c1-43-37-47(67(9,10)11)38-44(2)62(43)74-58-41-51(73(49-29-25-45(26-30-49)65(3,4)5)50-31-27-46(28-32-50)66(6,7)8)42-59-61(58)72(56-34-33-53-52-23-19-20-24-54(52)69(15,16)60(53)64(56)74)57-40-48(68(12,13)14)39-55-63(57)75(59)71(18)36-22-21-35-70(55,71)17/h19-20,23-34,37-42H,21-22,35-36H2,1-18H3. The first-order valence-electron chi connectivity index (χ1n) is 28.4. The molecule has 0 spiro atoms. The lowest BCUT2D eigenvalue weighted by molar-refractivity contribution is 0.195. The molecule has 7 aromatic rings. The molecule has 0 amide bonds. The van der Waals surface area contributed by atoms with Crippen LogP contribution in [-0.2, 0) is 32.5 Å². The van der Waals surface area contributed by atoms with Gasteiger partial charge in [-0.1, -0.05) is 202 Å². The molecule has 75 heavy (non-hydrogen) atoms. The molecule has 3 heterocycles. The van der Waals surface area contributed by atoms with Gasteiger partial charge in [-0.2, -0.15) is 0 Å². The Morgan fingerprint density at radius 2 is 1.00 bits per heavy atom. The summed E-state index contributed by atoms with van der Waals surface area (Å²) in [7, 11) is 0. The number of benzene rings is 7. The van der Waals surface area contributed by atoms with E-state index in [9.17, 15) is 0 Å². The molecule has 384 valence electrons. The van der Waals surface area contributed by atoms with E-state index in [1.165, 1.54) is 137 Å². The number of nitrogens with zero attached hydrogens (tertiary/aromatic N) is 3. The van der Waals surface area contributed by atoms with Gasteiger partial charge < -0.3 is 14.7 Å². The van der Waals surface area contributed by atoms with Crippen molar-refractivity contribution in [3.05, 3.63) is 171 Å². The molecule has 3 nitrogen and oxygen atoms in total. The van der Waals surface area contributed by atoms with E-state index in [-0.39, 0.29) is 44.7 Å². The highest BCUT2D eigenvalue weighted by Crippen LogP contribution is 2.64. The Kier molecular flexibility index (Phi) is 10.7. The molecule has 0 N–H and O–H groups in total. The molecule has 2 aliphatic carbocycles. The Balaban J connectivity index is 1.26. The van der Waals surface area contributed by atoms with Crippen LogP contribution < -0.4 is 31.1 Å². The molecular weight excluding hydrogens is 906 g/mol. The molecule has 12 rings (SSSR count). The van der Waals surface area contributed by atoms with Gasteiger partial charge >= 0.3 is 0 Å². The molecule has 0 saturated heterocycles. The van der Waals surface area contributed by atoms with Gasteiger partial charge in [0, 0.05) is 45.0 Å². The molecule has 5 aliphatic rings. The summed E-state index contributed by atoms with van der Waals surface area (Å²) in [5, 5.41) is 0. The number of hydrogen-bond acceptors (Lipinski definition) is 3. The zero-order valence-corrected chi connectivity index (χ0v) is 48.8. The van der Waals surface area contributed by atoms with E-state index in [1.54, 1.807) is 5.56 Å². The van der Waals surface area contributed by atoms with Crippen molar-refractivity contribution in [3.63, 3.8) is 0 Å². The van der Waals surface area contributed by atoms with E-state index in [1.807, 2.05) is 0 Å². The second-order valence-corrected chi connectivity index (χ2v) is 28.8. The minimum absolute atomic E-state index is 0.00147. The fourth-order valence-corrected chi connectivity index (χ4v) is 14.9. The largest absolute Gasteiger partial charge is 0.335 e. The van der Waals surface area contributed by atoms with Crippen molar-refractivity contribution in [1.29, 1.82) is 0 Å². The van der Waals surface area contributed by atoms with E-state index < -0.39 is 0 Å². The molecular formula is C71H82BN3. The molecule has 0 aromatic heterocycles. The quantitative estimate of drug-likeness (QED) is 0.163. The third-order valence-corrected chi connectivity index (χ3v) is 19.4. The van der Waals surface area contributed by atoms with Crippen LogP contribution in [0.25, 0.3) is 11.1 Å². The Labute approximate surface area is 451 Å². The summed E-state index contributed by atoms with van der Waals surface area (Å²) >= 11 is 0. The molecule has 3 aliphatic heterocycles. The Morgan fingerprint density at radius 1 is 0.467 bits per heavy atom. The van der Waals surface area contributed by atoms with Crippen LogP contribution in [0.5, 0.6) is 0 Å². The van der Waals surface area contributed by atoms with E-state index in [0.29, 0.717) is 0 Å². The van der Waals surface area contributed by atoms with Crippen LogP contribution in [0.1, 0.15) is 187 Å². The van der Waals surface area contributed by atoms with E-state index >= 15 is 0 Å². The molecule has 4 heteroatoms. The molecule has 0 radical (unpaired) electrons. The fourth-order valence-electron chi connectivity index (χ4n) is 14.9. The SMILES string of the molecule is Cc1cc(C(C)(C)C)cc(C)c1N1c2cc(N(c3ccc(C(C)(C)C)cc3)c3ccc(C(C)(C)C)cc3)cc3c2B(c2ccc4c(c21)C(C)(C)c1ccccc1-4)c1cc(C(C)(C)C)cc2c1N3C1(C)CCCCC21C. The molecule has 7 aromatic carbocycles. The van der Waals surface area contributed by atoms with Gasteiger partial charge in [0.1, 0.15) is 0 Å². The first-order chi connectivity index (χ1) is 35.1. The molecule has 0 bridgehead atoms. The highest BCUT2D eigenvalue weighted by atomic mass is 15.3. The second kappa shape index (κ2) is 16.0. The molecule has 2 unspecified atom stereocenters. The van der Waals surface area contributed by atoms with Gasteiger partial charge in [0.25, 0.3) is 6.71 Å². The molecule has 1 saturated carbocycles. The van der Waals surface area contributed by atoms with Crippen LogP contribution in [0.15, 0.2) is 121 Å². The summed E-state index contributed by atoms with van der Waals surface area (Å²) in [4.78, 5) is 8.32. The van der Waals surface area contributed by atoms with E-state index in [0.717, 1.165) is 6.42 Å². The van der Waals surface area contributed by atoms with Crippen LogP contribution >= 0.6 is 0 Å². The maximum Gasteiger partial charge on any atom is 0.252 e. The number of anilines is 8. The summed E-state index contributed by atoms with van der Waals surface area (Å²) in [5.74, 6) is 0. The first-order valence-corrected chi connectivity index (χ1v) is 28.4. The van der Waals surface area contributed by atoms with Crippen molar-refractivity contribution < 1.29 is 0 Å². The smallest absolute Gasteiger partial charge is 0.252 e. The zero-order valence-electron chi connectivity index (χ0n) is 48.8. The van der Waals surface area contributed by atoms with Crippen LogP contribution in [0, 0.1) is 13.8 Å². The topological polar surface area (TPSA) is 9.72 Å². The third-order valence-electron chi connectivity index (χ3n) is 19.4. The van der Waals surface area contributed by atoms with Gasteiger partial charge in [0.2, 0.25) is 0 Å². The lowest BCUT2D eigenvalue weighted by atomic mass is 9.33. The van der Waals surface area contributed by atoms with Crippen LogP contribution in [0.4, 0.5) is 45.5 Å². The van der Waals surface area contributed by atoms with Crippen molar-refractivity contribution >= 4 is 68.6 Å². The normalized spacial score (nSPS) is 20.1. The van der Waals surface area contributed by atoms with Crippen molar-refractivity contribution in [2.45, 2.75) is 188 Å². The van der Waals surface area contributed by atoms with Crippen LogP contribution in [0.3, 0.4) is 0 Å². The summed E-state index contributed by atoms with van der Waals surface area (Å²) in [5.41, 5.74) is 29.4. The second-order valence-electron chi connectivity index (χ2n) is 28.8. The van der Waals surface area contributed by atoms with Crippen molar-refractivity contribution in [2.24, 2.45) is 0 Å². The summed E-state index contributed by atoms with van der Waals surface area (Å²) in [6, 6.07) is 48.9. The lowest BCUT2D eigenvalue weighted by Crippen LogP contribution is -2.65. The first kappa shape index (κ1) is 49.9. The highest BCUT2D eigenvalue weighted by molar-refractivity contribution is 7.00. The monoisotopic (exact) mass is 988 g/mol.